The van der Waals surface area contributed by atoms with Crippen molar-refractivity contribution in [1.29, 1.82) is 0 Å². The van der Waals surface area contributed by atoms with E-state index in [1.807, 2.05) is 26.8 Å². The van der Waals surface area contributed by atoms with Gasteiger partial charge in [0, 0.05) is 66.5 Å². The fourth-order valence-corrected chi connectivity index (χ4v) is 14.0. The summed E-state index contributed by atoms with van der Waals surface area (Å²) in [6.45, 7) is 15.5. The molecule has 2 aliphatic carbocycles. The zero-order valence-corrected chi connectivity index (χ0v) is 72.2. The van der Waals surface area contributed by atoms with Gasteiger partial charge >= 0.3 is 34.7 Å². The second-order valence-corrected chi connectivity index (χ2v) is 29.8. The first-order chi connectivity index (χ1) is 58.4. The number of aryl methyl sites for hydroxylation is 1. The number of rotatable bonds is 42. The number of amides is 4. The lowest BCUT2D eigenvalue weighted by molar-refractivity contribution is -0.114. The van der Waals surface area contributed by atoms with Crippen LogP contribution >= 0.6 is 0 Å². The fourth-order valence-electron chi connectivity index (χ4n) is 12.7. The highest BCUT2D eigenvalue weighted by Gasteiger charge is 2.24. The number of ether oxygens (including phenoxy) is 5. The van der Waals surface area contributed by atoms with E-state index < -0.39 is 34.7 Å². The number of hydrogen-bond donors (Lipinski definition) is 9. The zero-order valence-electron chi connectivity index (χ0n) is 70.6. The van der Waals surface area contributed by atoms with E-state index >= 15 is 0 Å². The van der Waals surface area contributed by atoms with Gasteiger partial charge < -0.3 is 58.0 Å². The molecule has 0 spiro atoms. The number of nitrogens with one attached hydrogen (secondary N) is 6. The van der Waals surface area contributed by atoms with Crippen molar-refractivity contribution in [2.45, 2.75) is 240 Å². The molecule has 8 rings (SSSR count). The predicted octanol–water partition coefficient (Wildman–Crippen LogP) is 21.3. The first-order valence-electron chi connectivity index (χ1n) is 41.8. The molecular formula is C97H118N6O15S2. The predicted molar refractivity (Wildman–Crippen MR) is 483 cm³/mol. The van der Waals surface area contributed by atoms with Gasteiger partial charge in [0.1, 0.15) is 51.7 Å². The van der Waals surface area contributed by atoms with Crippen molar-refractivity contribution in [1.82, 2.24) is 5.32 Å². The molecule has 9 N–H and O–H groups in total. The van der Waals surface area contributed by atoms with Crippen molar-refractivity contribution in [3.63, 3.8) is 0 Å². The highest BCUT2D eigenvalue weighted by atomic mass is 32.2. The molecule has 6 aromatic carbocycles. The Hall–Kier alpha value is -12.1. The summed E-state index contributed by atoms with van der Waals surface area (Å²) in [5.74, 6) is 38.3. The van der Waals surface area contributed by atoms with Crippen LogP contribution in [0.3, 0.4) is 0 Å². The van der Waals surface area contributed by atoms with Crippen LogP contribution in [-0.4, -0.2) is 74.8 Å². The third kappa shape index (κ3) is 42.9. The van der Waals surface area contributed by atoms with Gasteiger partial charge in [0.25, 0.3) is 0 Å². The summed E-state index contributed by atoms with van der Waals surface area (Å²) < 4.78 is 69.3. The van der Waals surface area contributed by atoms with Gasteiger partial charge in [0.05, 0.1) is 61.5 Å². The van der Waals surface area contributed by atoms with Gasteiger partial charge in [-0.15, -0.1) is 6.42 Å². The Bertz CT molecular complexity index is 4700. The minimum Gasteiger partial charge on any atom is -0.508 e. The van der Waals surface area contributed by atoms with Gasteiger partial charge in [0.15, 0.2) is 0 Å². The van der Waals surface area contributed by atoms with E-state index in [0.29, 0.717) is 78.2 Å². The number of hydrogen-bond acceptors (Lipinski definition) is 15. The molecule has 638 valence electrons. The second-order valence-electron chi connectivity index (χ2n) is 28.1. The molecule has 2 unspecified atom stereocenters. The van der Waals surface area contributed by atoms with Crippen LogP contribution in [0.2, 0.25) is 0 Å². The summed E-state index contributed by atoms with van der Waals surface area (Å²) in [5, 5.41) is 40.0. The second kappa shape index (κ2) is 61.3. The average molecular weight is 1670 g/mol. The summed E-state index contributed by atoms with van der Waals surface area (Å²) >= 11 is -3.94. The minimum absolute atomic E-state index is 0.0424. The van der Waals surface area contributed by atoms with Crippen molar-refractivity contribution in [2.75, 3.05) is 58.4 Å². The van der Waals surface area contributed by atoms with Crippen molar-refractivity contribution in [3.8, 4) is 147 Å². The van der Waals surface area contributed by atoms with Gasteiger partial charge in [-0.05, 0) is 221 Å². The lowest BCUT2D eigenvalue weighted by Gasteiger charge is -2.17. The molecule has 2 aliphatic rings. The van der Waals surface area contributed by atoms with E-state index in [1.54, 1.807) is 79.7 Å². The summed E-state index contributed by atoms with van der Waals surface area (Å²) in [4.78, 5) is 34.5. The Morgan fingerprint density at radius 2 is 0.850 bits per heavy atom. The average Bonchev–Trinajstić information content (AvgIpc) is 1.75. The summed E-state index contributed by atoms with van der Waals surface area (Å²) in [6, 6.07) is 34.5. The van der Waals surface area contributed by atoms with Crippen LogP contribution in [-0.2, 0) is 32.1 Å². The molecule has 6 aromatic rings. The Morgan fingerprint density at radius 1 is 0.425 bits per heavy atom. The number of aromatic hydroxyl groups is 3. The highest BCUT2D eigenvalue weighted by molar-refractivity contribution is 7.82. The number of terminal acetylenes is 1. The molecular weight excluding hydrogens is 1550 g/mol. The van der Waals surface area contributed by atoms with Crippen molar-refractivity contribution < 1.29 is 70.2 Å². The van der Waals surface area contributed by atoms with Gasteiger partial charge in [-0.3, -0.25) is 24.9 Å². The maximum Gasteiger partial charge on any atom is 0.411 e. The Kier molecular flexibility index (Phi) is 50.3. The van der Waals surface area contributed by atoms with Crippen LogP contribution in [0.1, 0.15) is 250 Å². The largest absolute Gasteiger partial charge is 0.508 e. The normalized spacial score (nSPS) is 11.8. The molecule has 23 heteroatoms. The van der Waals surface area contributed by atoms with Crippen LogP contribution in [0.4, 0.5) is 38.0 Å². The molecule has 120 heavy (non-hydrogen) atoms. The Morgan fingerprint density at radius 3 is 1.32 bits per heavy atom. The zero-order chi connectivity index (χ0) is 86.4. The van der Waals surface area contributed by atoms with E-state index in [2.05, 4.69) is 146 Å². The number of unbranched alkanes of at least 4 members (excludes halogenated alkanes) is 18. The number of carbonyl (C=O) groups excluding carboxylic acids is 3. The van der Waals surface area contributed by atoms with Gasteiger partial charge in [-0.2, -0.15) is 8.42 Å². The van der Waals surface area contributed by atoms with Gasteiger partial charge in [-0.1, -0.05) is 173 Å². The van der Waals surface area contributed by atoms with Crippen LogP contribution in [0.5, 0.6) is 51.7 Å². The first kappa shape index (κ1) is 98.5. The van der Waals surface area contributed by atoms with Crippen LogP contribution < -0.4 is 58.0 Å². The molecule has 0 aliphatic heterocycles. The Balaban J connectivity index is 0.000000317. The topological polar surface area (TPSA) is 283 Å². The van der Waals surface area contributed by atoms with E-state index in [-0.39, 0.29) is 35.4 Å². The molecule has 0 heterocycles. The number of phenols is 3. The van der Waals surface area contributed by atoms with Crippen LogP contribution in [0.15, 0.2) is 115 Å². The first-order valence-corrected chi connectivity index (χ1v) is 43.9. The molecule has 0 radical (unpaired) electrons. The van der Waals surface area contributed by atoms with E-state index in [1.165, 1.54) is 203 Å². The molecule has 2 fully saturated rings. The molecule has 0 bridgehead atoms. The lowest BCUT2D eigenvalue weighted by Crippen LogP contribution is -2.24. The standard InChI is InChI=1S/C42H64N2O7S2.C24H10N2O2.C16H22O.C15H22N2O5/c1-3-5-7-9-11-13-15-17-19-21-33-48-37-24-28-39(29-25-37)50-52(46)43-36-23-32-42(45)41(35-36)44-53(47)51-40-30-26-38(27-31-40)49-34-22-20-18-16-14-12-10-8-6-4-2;1-3-4-5-6-7-8-9-10-11-12-13-14-15-16-19-25-24(28)26-22-20-21(2)17-18-23(22)27;17-16-10-9-14(12-5-1-2-6-12)11-15(16)13-7-3-4-8-13;1-5-20-13-9-12(17-15(19)22-7-3)14(21-6-2)8-11(13)16-10(4)18/h23-32,35,43-45H,3-22,33-34H2,1-2H3;1,17-18,20,27H,2H3,(H2,25,26,28);9-13,17H,1-8H2;8-9H,5-7H2,1-4H3,(H,16,18)(H,17,19). The third-order valence-electron chi connectivity index (χ3n) is 18.6. The summed E-state index contributed by atoms with van der Waals surface area (Å²) in [6.07, 6.45) is 40.5. The smallest absolute Gasteiger partial charge is 0.411 e. The maximum atomic E-state index is 12.7. The molecule has 0 saturated heterocycles. The minimum atomic E-state index is -2.01. The number of phenolic OH excluding ortho intramolecular Hbond substituents is 3. The van der Waals surface area contributed by atoms with Crippen molar-refractivity contribution in [2.24, 2.45) is 0 Å². The van der Waals surface area contributed by atoms with Crippen LogP contribution in [0, 0.1) is 102 Å². The molecule has 21 nitrogen and oxygen atoms in total. The fraction of sp³-hybridized carbons (Fsp3) is 0.433. The molecule has 4 amide bonds. The van der Waals surface area contributed by atoms with Crippen molar-refractivity contribution >= 4 is 69.0 Å². The summed E-state index contributed by atoms with van der Waals surface area (Å²) in [7, 11) is 0. The number of benzene rings is 6. The SMILES string of the molecule is C#CC#CC#CC#CC#CC#CC#CC#CNC(=O)Nc1cc(C)ccc1O.CCCCCCCCCCCCOc1ccc(OS(=O)Nc2ccc(O)c(NS(=O)Oc3ccc(OCCCCCCCCCCCC)cc3)c2)cc1.CCOC(=O)Nc1cc(OCC)c(NC(C)=O)cc1OCC.Oc1ccc(C2CCCC2)cc1C1CCCC1. The molecule has 2 saturated carbocycles. The quantitative estimate of drug-likeness (QED) is 0.00566. The summed E-state index contributed by atoms with van der Waals surface area (Å²) in [5.41, 5.74) is 5.27. The monoisotopic (exact) mass is 1670 g/mol. The Labute approximate surface area is 717 Å². The maximum absolute atomic E-state index is 12.7. The van der Waals surface area contributed by atoms with Crippen molar-refractivity contribution in [3.05, 3.63) is 132 Å². The van der Waals surface area contributed by atoms with Gasteiger partial charge in [-0.25, -0.2) is 9.59 Å². The molecule has 2 atom stereocenters. The lowest BCUT2D eigenvalue weighted by atomic mass is 9.90. The highest BCUT2D eigenvalue weighted by Crippen LogP contribution is 2.43. The number of urea groups is 1. The number of carbonyl (C=O) groups is 3. The van der Waals surface area contributed by atoms with Crippen LogP contribution in [0.25, 0.3) is 0 Å². The third-order valence-corrected chi connectivity index (χ3v) is 20.0. The van der Waals surface area contributed by atoms with Gasteiger partial charge in [0.2, 0.25) is 5.91 Å². The molecule has 0 aromatic heterocycles. The van der Waals surface area contributed by atoms with E-state index in [9.17, 15) is 38.1 Å². The number of anilines is 5. The van der Waals surface area contributed by atoms with E-state index in [0.717, 1.165) is 42.2 Å². The van der Waals surface area contributed by atoms with E-state index in [4.69, 9.17) is 38.5 Å².